The van der Waals surface area contributed by atoms with E-state index in [4.69, 9.17) is 27.6 Å². The first-order chi connectivity index (χ1) is 14.1. The monoisotopic (exact) mass is 431 g/mol. The molecular formula is C23H27Cl2N3O. The molecule has 0 amide bonds. The largest absolute Gasteiger partial charge is 0.424 e. The van der Waals surface area contributed by atoms with Crippen molar-refractivity contribution in [3.63, 3.8) is 0 Å². The van der Waals surface area contributed by atoms with E-state index in [9.17, 15) is 0 Å². The van der Waals surface area contributed by atoms with Crippen LogP contribution in [0.2, 0.25) is 10.0 Å². The van der Waals surface area contributed by atoms with Gasteiger partial charge in [-0.25, -0.2) is 0 Å². The Morgan fingerprint density at radius 1 is 1.14 bits per heavy atom. The molecule has 2 aromatic carbocycles. The average Bonchev–Trinajstić information content (AvgIpc) is 3.14. The van der Waals surface area contributed by atoms with Crippen LogP contribution in [-0.2, 0) is 6.42 Å². The van der Waals surface area contributed by atoms with Crippen molar-refractivity contribution < 1.29 is 4.42 Å². The second-order valence-corrected chi connectivity index (χ2v) is 8.75. The molecule has 1 N–H and O–H groups in total. The second-order valence-electron chi connectivity index (χ2n) is 7.93. The second kappa shape index (κ2) is 9.38. The summed E-state index contributed by atoms with van der Waals surface area (Å²) in [5.41, 5.74) is 3.00. The Morgan fingerprint density at radius 3 is 2.66 bits per heavy atom. The Hall–Kier alpha value is -1.75. The Bertz CT molecular complexity index is 917. The van der Waals surface area contributed by atoms with E-state index in [1.165, 1.54) is 18.4 Å². The molecule has 0 radical (unpaired) electrons. The normalized spacial score (nSPS) is 16.9. The van der Waals surface area contributed by atoms with Crippen LogP contribution in [0, 0.1) is 5.92 Å². The molecule has 1 unspecified atom stereocenters. The van der Waals surface area contributed by atoms with Crippen molar-refractivity contribution in [3.8, 4) is 0 Å². The molecule has 1 aliphatic rings. The summed E-state index contributed by atoms with van der Waals surface area (Å²) in [6.45, 7) is 5.46. The smallest absolute Gasteiger partial charge is 0.295 e. The van der Waals surface area contributed by atoms with E-state index in [2.05, 4.69) is 28.2 Å². The number of rotatable bonds is 7. The minimum atomic E-state index is 0.328. The first kappa shape index (κ1) is 20.5. The molecule has 0 spiro atoms. The molecule has 1 aromatic heterocycles. The van der Waals surface area contributed by atoms with Crippen molar-refractivity contribution >= 4 is 40.3 Å². The van der Waals surface area contributed by atoms with E-state index in [0.717, 1.165) is 43.6 Å². The molecule has 1 fully saturated rings. The number of piperidine rings is 1. The molecule has 2 heterocycles. The number of halogens is 2. The third kappa shape index (κ3) is 5.25. The summed E-state index contributed by atoms with van der Waals surface area (Å²) in [4.78, 5) is 7.10. The number of hydrogen-bond acceptors (Lipinski definition) is 4. The molecule has 4 nitrogen and oxygen atoms in total. The van der Waals surface area contributed by atoms with Gasteiger partial charge in [-0.3, -0.25) is 0 Å². The maximum absolute atomic E-state index is 6.16. The van der Waals surface area contributed by atoms with Crippen LogP contribution in [0.5, 0.6) is 0 Å². The van der Waals surface area contributed by atoms with E-state index in [1.807, 2.05) is 36.4 Å². The molecule has 0 aliphatic carbocycles. The highest BCUT2D eigenvalue weighted by Crippen LogP contribution is 2.27. The third-order valence-electron chi connectivity index (χ3n) is 5.81. The number of benzene rings is 2. The highest BCUT2D eigenvalue weighted by molar-refractivity contribution is 6.42. The Labute approximate surface area is 182 Å². The van der Waals surface area contributed by atoms with E-state index in [1.54, 1.807) is 0 Å². The lowest BCUT2D eigenvalue weighted by Gasteiger charge is -2.34. The highest BCUT2D eigenvalue weighted by Gasteiger charge is 2.22. The lowest BCUT2D eigenvalue weighted by Crippen LogP contribution is -2.41. The molecule has 1 saturated heterocycles. The number of oxazole rings is 1. The van der Waals surface area contributed by atoms with Crippen LogP contribution in [0.25, 0.3) is 11.1 Å². The number of aromatic nitrogens is 1. The molecule has 1 atom stereocenters. The lowest BCUT2D eigenvalue weighted by atomic mass is 9.90. The summed E-state index contributed by atoms with van der Waals surface area (Å²) in [7, 11) is 0. The quantitative estimate of drug-likeness (QED) is 0.477. The van der Waals surface area contributed by atoms with Gasteiger partial charge in [-0.05, 0) is 74.5 Å². The summed E-state index contributed by atoms with van der Waals surface area (Å²) < 4.78 is 5.83. The van der Waals surface area contributed by atoms with Crippen molar-refractivity contribution in [3.05, 3.63) is 58.1 Å². The van der Waals surface area contributed by atoms with Gasteiger partial charge in [-0.1, -0.05) is 48.3 Å². The van der Waals surface area contributed by atoms with Gasteiger partial charge >= 0.3 is 0 Å². The Morgan fingerprint density at radius 2 is 1.93 bits per heavy atom. The molecule has 1 aliphatic heterocycles. The fraction of sp³-hybridized carbons (Fsp3) is 0.435. The molecule has 3 aromatic rings. The summed E-state index contributed by atoms with van der Waals surface area (Å²) in [6.07, 6.45) is 4.52. The van der Waals surface area contributed by atoms with Crippen molar-refractivity contribution in [1.82, 2.24) is 9.88 Å². The predicted octanol–water partition coefficient (Wildman–Crippen LogP) is 6.28. The predicted molar refractivity (Wildman–Crippen MR) is 121 cm³/mol. The van der Waals surface area contributed by atoms with Gasteiger partial charge < -0.3 is 14.6 Å². The van der Waals surface area contributed by atoms with E-state index >= 15 is 0 Å². The number of likely N-dealkylation sites (tertiary alicyclic amines) is 1. The third-order valence-corrected chi connectivity index (χ3v) is 6.55. The zero-order valence-electron chi connectivity index (χ0n) is 16.7. The molecule has 4 rings (SSSR count). The number of hydrogen-bond donors (Lipinski definition) is 1. The summed E-state index contributed by atoms with van der Waals surface area (Å²) >= 11 is 12.2. The van der Waals surface area contributed by atoms with Crippen LogP contribution in [0.15, 0.2) is 46.9 Å². The molecule has 154 valence electrons. The number of nitrogens with one attached hydrogen (secondary N) is 1. The van der Waals surface area contributed by atoms with Crippen LogP contribution in [0.4, 0.5) is 6.01 Å². The summed E-state index contributed by atoms with van der Waals surface area (Å²) in [5, 5.41) is 4.76. The standard InChI is InChI=1S/C23H27Cl2N3O/c1-2-18(26-23-27-21-5-3-4-6-22(21)29-23)15-28-11-9-16(10-12-28)13-17-7-8-19(24)20(25)14-17/h3-8,14,16,18H,2,9-13,15H2,1H3,(H,26,27). The van der Waals surface area contributed by atoms with Gasteiger partial charge in [0.25, 0.3) is 6.01 Å². The fourth-order valence-corrected chi connectivity index (χ4v) is 4.39. The SMILES string of the molecule is CCC(CN1CCC(Cc2ccc(Cl)c(Cl)c2)CC1)Nc1nc2ccccc2o1. The van der Waals surface area contributed by atoms with Gasteiger partial charge in [0.15, 0.2) is 5.58 Å². The number of anilines is 1. The van der Waals surface area contributed by atoms with Gasteiger partial charge in [0.2, 0.25) is 0 Å². The van der Waals surface area contributed by atoms with E-state index in [-0.39, 0.29) is 0 Å². The zero-order chi connectivity index (χ0) is 20.2. The van der Waals surface area contributed by atoms with Gasteiger partial charge in [-0.15, -0.1) is 0 Å². The molecule has 6 heteroatoms. The van der Waals surface area contributed by atoms with Crippen LogP contribution in [0.3, 0.4) is 0 Å². The van der Waals surface area contributed by atoms with Crippen LogP contribution >= 0.6 is 23.2 Å². The van der Waals surface area contributed by atoms with Crippen LogP contribution < -0.4 is 5.32 Å². The lowest BCUT2D eigenvalue weighted by molar-refractivity contribution is 0.176. The minimum absolute atomic E-state index is 0.328. The van der Waals surface area contributed by atoms with E-state index < -0.39 is 0 Å². The Balaban J connectivity index is 1.28. The van der Waals surface area contributed by atoms with Gasteiger partial charge in [0, 0.05) is 12.6 Å². The van der Waals surface area contributed by atoms with Crippen LogP contribution in [0.1, 0.15) is 31.7 Å². The number of para-hydroxylation sites is 2. The van der Waals surface area contributed by atoms with Gasteiger partial charge in [-0.2, -0.15) is 4.98 Å². The van der Waals surface area contributed by atoms with Gasteiger partial charge in [0.05, 0.1) is 10.0 Å². The molecule has 0 bridgehead atoms. The van der Waals surface area contributed by atoms with Crippen molar-refractivity contribution in [2.45, 2.75) is 38.6 Å². The average molecular weight is 432 g/mol. The Kier molecular flexibility index (Phi) is 6.63. The highest BCUT2D eigenvalue weighted by atomic mass is 35.5. The zero-order valence-corrected chi connectivity index (χ0v) is 18.2. The summed E-state index contributed by atoms with van der Waals surface area (Å²) in [5.74, 6) is 0.702. The van der Waals surface area contributed by atoms with Gasteiger partial charge in [0.1, 0.15) is 5.52 Å². The topological polar surface area (TPSA) is 41.3 Å². The first-order valence-corrected chi connectivity index (χ1v) is 11.1. The molecule has 0 saturated carbocycles. The van der Waals surface area contributed by atoms with Crippen molar-refractivity contribution in [2.75, 3.05) is 25.0 Å². The maximum Gasteiger partial charge on any atom is 0.295 e. The van der Waals surface area contributed by atoms with Crippen molar-refractivity contribution in [2.24, 2.45) is 5.92 Å². The molecular weight excluding hydrogens is 405 g/mol. The van der Waals surface area contributed by atoms with E-state index in [0.29, 0.717) is 28.0 Å². The molecule has 29 heavy (non-hydrogen) atoms. The van der Waals surface area contributed by atoms with Crippen LogP contribution in [-0.4, -0.2) is 35.6 Å². The maximum atomic E-state index is 6.16. The van der Waals surface area contributed by atoms with Crippen molar-refractivity contribution in [1.29, 1.82) is 0 Å². The minimum Gasteiger partial charge on any atom is -0.424 e. The first-order valence-electron chi connectivity index (χ1n) is 10.4. The number of fused-ring (bicyclic) bond motifs is 1. The fourth-order valence-electron chi connectivity index (χ4n) is 4.07. The number of nitrogens with zero attached hydrogens (tertiary/aromatic N) is 2. The summed E-state index contributed by atoms with van der Waals surface area (Å²) in [6, 6.07) is 14.8.